The number of amides is 2. The summed E-state index contributed by atoms with van der Waals surface area (Å²) < 4.78 is 46.5. The first kappa shape index (κ1) is 21.8. The van der Waals surface area contributed by atoms with E-state index in [1.165, 1.54) is 19.1 Å². The summed E-state index contributed by atoms with van der Waals surface area (Å²) in [4.78, 5) is 26.0. The molecule has 0 aliphatic carbocycles. The molecule has 6 nitrogen and oxygen atoms in total. The number of rotatable bonds is 4. The molecule has 0 aromatic heterocycles. The van der Waals surface area contributed by atoms with Crippen LogP contribution in [0.4, 0.5) is 18.0 Å². The van der Waals surface area contributed by atoms with Gasteiger partial charge in [0.2, 0.25) is 5.91 Å². The summed E-state index contributed by atoms with van der Waals surface area (Å²) >= 11 is 0. The average molecular weight is 402 g/mol. The van der Waals surface area contributed by atoms with Gasteiger partial charge in [0, 0.05) is 24.9 Å². The highest BCUT2D eigenvalue weighted by Crippen LogP contribution is 2.30. The molecule has 0 saturated carbocycles. The van der Waals surface area contributed by atoms with Crippen molar-refractivity contribution in [3.63, 3.8) is 0 Å². The van der Waals surface area contributed by atoms with Gasteiger partial charge in [-0.2, -0.15) is 0 Å². The molecule has 1 aliphatic rings. The monoisotopic (exact) mass is 402 g/mol. The predicted molar refractivity (Wildman–Crippen MR) is 95.8 cm³/mol. The van der Waals surface area contributed by atoms with E-state index >= 15 is 0 Å². The number of carbonyl (C=O) groups excluding carboxylic acids is 2. The Balaban J connectivity index is 2.29. The van der Waals surface area contributed by atoms with Crippen molar-refractivity contribution in [1.82, 2.24) is 10.2 Å². The topological polar surface area (TPSA) is 78.9 Å². The SMILES string of the molecule is CC(c1ccc(O)cc1F)C(NC(=O)OC(C)(C)C)C(=O)N1CCC(F)(F)C1. The molecule has 2 N–H and O–H groups in total. The van der Waals surface area contributed by atoms with Gasteiger partial charge >= 0.3 is 6.09 Å². The fraction of sp³-hybridized carbons (Fsp3) is 0.579. The van der Waals surface area contributed by atoms with Crippen molar-refractivity contribution in [2.75, 3.05) is 13.1 Å². The van der Waals surface area contributed by atoms with E-state index in [1.54, 1.807) is 20.8 Å². The van der Waals surface area contributed by atoms with Crippen LogP contribution in [0.2, 0.25) is 0 Å². The molecule has 2 unspecified atom stereocenters. The summed E-state index contributed by atoms with van der Waals surface area (Å²) in [6, 6.07) is 2.09. The van der Waals surface area contributed by atoms with Crippen molar-refractivity contribution >= 4 is 12.0 Å². The molecule has 2 atom stereocenters. The van der Waals surface area contributed by atoms with E-state index in [1.807, 2.05) is 0 Å². The number of hydrogen-bond donors (Lipinski definition) is 2. The van der Waals surface area contributed by atoms with Crippen molar-refractivity contribution in [2.24, 2.45) is 0 Å². The lowest BCUT2D eigenvalue weighted by Gasteiger charge is -2.30. The predicted octanol–water partition coefficient (Wildman–Crippen LogP) is 3.40. The van der Waals surface area contributed by atoms with Gasteiger partial charge in [0.25, 0.3) is 5.92 Å². The molecule has 28 heavy (non-hydrogen) atoms. The van der Waals surface area contributed by atoms with Gasteiger partial charge in [-0.05, 0) is 32.4 Å². The lowest BCUT2D eigenvalue weighted by molar-refractivity contribution is -0.134. The molecule has 0 spiro atoms. The van der Waals surface area contributed by atoms with Gasteiger partial charge in [0.05, 0.1) is 6.54 Å². The van der Waals surface area contributed by atoms with E-state index in [2.05, 4.69) is 5.32 Å². The van der Waals surface area contributed by atoms with Crippen molar-refractivity contribution in [3.8, 4) is 5.75 Å². The number of benzene rings is 1. The van der Waals surface area contributed by atoms with Gasteiger partial charge in [-0.1, -0.05) is 13.0 Å². The smallest absolute Gasteiger partial charge is 0.408 e. The molecule has 1 aromatic rings. The zero-order chi connectivity index (χ0) is 21.3. The minimum atomic E-state index is -3.00. The molecule has 1 aromatic carbocycles. The van der Waals surface area contributed by atoms with E-state index in [0.29, 0.717) is 0 Å². The Bertz CT molecular complexity index is 749. The highest BCUT2D eigenvalue weighted by atomic mass is 19.3. The highest BCUT2D eigenvalue weighted by Gasteiger charge is 2.43. The van der Waals surface area contributed by atoms with Crippen molar-refractivity contribution < 1.29 is 32.6 Å². The van der Waals surface area contributed by atoms with Crippen LogP contribution in [0.1, 0.15) is 45.6 Å². The Morgan fingerprint density at radius 1 is 1.32 bits per heavy atom. The number of carbonyl (C=O) groups is 2. The van der Waals surface area contributed by atoms with Crippen LogP contribution in [0.3, 0.4) is 0 Å². The molecule has 0 bridgehead atoms. The molecule has 0 radical (unpaired) electrons. The third-order valence-corrected chi connectivity index (χ3v) is 4.39. The minimum absolute atomic E-state index is 0.0539. The van der Waals surface area contributed by atoms with E-state index in [-0.39, 0.29) is 17.9 Å². The maximum absolute atomic E-state index is 14.3. The first-order valence-corrected chi connectivity index (χ1v) is 8.93. The van der Waals surface area contributed by atoms with Crippen molar-refractivity contribution in [3.05, 3.63) is 29.6 Å². The van der Waals surface area contributed by atoms with Crippen molar-refractivity contribution in [2.45, 2.75) is 57.6 Å². The number of phenolic OH excluding ortho intramolecular Hbond substituents is 1. The molecule has 1 heterocycles. The molecule has 1 aliphatic heterocycles. The number of nitrogens with one attached hydrogen (secondary N) is 1. The van der Waals surface area contributed by atoms with Gasteiger partial charge in [0.1, 0.15) is 23.2 Å². The number of phenols is 1. The third-order valence-electron chi connectivity index (χ3n) is 4.39. The fourth-order valence-electron chi connectivity index (χ4n) is 3.02. The lowest BCUT2D eigenvalue weighted by atomic mass is 9.91. The summed E-state index contributed by atoms with van der Waals surface area (Å²) in [7, 11) is 0. The molecule has 156 valence electrons. The zero-order valence-electron chi connectivity index (χ0n) is 16.3. The van der Waals surface area contributed by atoms with Crippen LogP contribution < -0.4 is 5.32 Å². The Morgan fingerprint density at radius 2 is 1.96 bits per heavy atom. The first-order valence-electron chi connectivity index (χ1n) is 8.93. The molecular formula is C19H25F3N2O4. The van der Waals surface area contributed by atoms with Crippen LogP contribution in [-0.4, -0.2) is 52.7 Å². The molecule has 1 fully saturated rings. The molecule has 2 rings (SSSR count). The maximum atomic E-state index is 14.3. The van der Waals surface area contributed by atoms with Crippen molar-refractivity contribution in [1.29, 1.82) is 0 Å². The lowest BCUT2D eigenvalue weighted by Crippen LogP contribution is -2.52. The van der Waals surface area contributed by atoms with Gasteiger partial charge < -0.3 is 20.1 Å². The summed E-state index contributed by atoms with van der Waals surface area (Å²) in [6.07, 6.45) is -1.39. The first-order chi connectivity index (χ1) is 12.8. The normalized spacial score (nSPS) is 18.5. The molecular weight excluding hydrogens is 377 g/mol. The second-order valence-corrected chi connectivity index (χ2v) is 7.98. The van der Waals surface area contributed by atoms with Crippen LogP contribution in [0.25, 0.3) is 0 Å². The second kappa shape index (κ2) is 7.89. The highest BCUT2D eigenvalue weighted by molar-refractivity contribution is 5.87. The van der Waals surface area contributed by atoms with Crippen LogP contribution in [0.5, 0.6) is 5.75 Å². The zero-order valence-corrected chi connectivity index (χ0v) is 16.3. The number of halogens is 3. The van der Waals surface area contributed by atoms with Crippen LogP contribution in [0.15, 0.2) is 18.2 Å². The van der Waals surface area contributed by atoms with Gasteiger partial charge in [-0.3, -0.25) is 4.79 Å². The van der Waals surface area contributed by atoms with E-state index in [9.17, 15) is 27.9 Å². The number of alkyl halides is 2. The maximum Gasteiger partial charge on any atom is 0.408 e. The Kier molecular flexibility index (Phi) is 6.15. The number of ether oxygens (including phenoxy) is 1. The van der Waals surface area contributed by atoms with Gasteiger partial charge in [0.15, 0.2) is 0 Å². The number of alkyl carbamates (subject to hydrolysis) is 1. The van der Waals surface area contributed by atoms with E-state index in [0.717, 1.165) is 11.0 Å². The van der Waals surface area contributed by atoms with Crippen LogP contribution in [0, 0.1) is 5.82 Å². The molecule has 1 saturated heterocycles. The Hall–Kier alpha value is -2.45. The number of aromatic hydroxyl groups is 1. The number of nitrogens with zero attached hydrogens (tertiary/aromatic N) is 1. The van der Waals surface area contributed by atoms with E-state index in [4.69, 9.17) is 4.74 Å². The summed E-state index contributed by atoms with van der Waals surface area (Å²) in [5.41, 5.74) is -0.788. The number of hydrogen-bond acceptors (Lipinski definition) is 4. The van der Waals surface area contributed by atoms with E-state index < -0.39 is 54.3 Å². The molecule has 2 amide bonds. The van der Waals surface area contributed by atoms with Crippen LogP contribution >= 0.6 is 0 Å². The van der Waals surface area contributed by atoms with Crippen LogP contribution in [-0.2, 0) is 9.53 Å². The second-order valence-electron chi connectivity index (χ2n) is 7.98. The largest absolute Gasteiger partial charge is 0.508 e. The fourth-order valence-corrected chi connectivity index (χ4v) is 3.02. The standard InChI is InChI=1S/C19H25F3N2O4/c1-11(13-6-5-12(25)9-14(13)20)15(23-17(27)28-18(2,3)4)16(26)24-8-7-19(21,22)10-24/h5-6,9,11,15,25H,7-8,10H2,1-4H3,(H,23,27). The summed E-state index contributed by atoms with van der Waals surface area (Å²) in [5.74, 6) is -5.71. The Morgan fingerprint density at radius 3 is 2.46 bits per heavy atom. The third kappa shape index (κ3) is 5.53. The summed E-state index contributed by atoms with van der Waals surface area (Å²) in [6.45, 7) is 5.46. The van der Waals surface area contributed by atoms with Gasteiger partial charge in [-0.15, -0.1) is 0 Å². The van der Waals surface area contributed by atoms with Gasteiger partial charge in [-0.25, -0.2) is 18.0 Å². The average Bonchev–Trinajstić information content (AvgIpc) is 2.90. The minimum Gasteiger partial charge on any atom is -0.508 e. The Labute approximate surface area is 161 Å². The molecule has 9 heteroatoms. The quantitative estimate of drug-likeness (QED) is 0.809. The number of likely N-dealkylation sites (tertiary alicyclic amines) is 1. The summed E-state index contributed by atoms with van der Waals surface area (Å²) in [5, 5.41) is 11.8.